The summed E-state index contributed by atoms with van der Waals surface area (Å²) in [6.07, 6.45) is 4.71. The van der Waals surface area contributed by atoms with Crippen LogP contribution in [0.25, 0.3) is 0 Å². The highest BCUT2D eigenvalue weighted by Gasteiger charge is 2.22. The van der Waals surface area contributed by atoms with Gasteiger partial charge < -0.3 is 15.1 Å². The lowest BCUT2D eigenvalue weighted by Crippen LogP contribution is -2.48. The molecular weight excluding hydrogens is 268 g/mol. The molecule has 2 heterocycles. The van der Waals surface area contributed by atoms with E-state index in [0.717, 1.165) is 31.5 Å². The highest BCUT2D eigenvalue weighted by molar-refractivity contribution is 5.93. The SMILES string of the molecule is CCCCNc1ccnc(C(=O)N2CCN(C=O)CC2)c1. The highest BCUT2D eigenvalue weighted by Crippen LogP contribution is 2.12. The zero-order chi connectivity index (χ0) is 15.1. The van der Waals surface area contributed by atoms with E-state index in [0.29, 0.717) is 31.9 Å². The van der Waals surface area contributed by atoms with Gasteiger partial charge in [0.1, 0.15) is 5.69 Å². The van der Waals surface area contributed by atoms with Crippen LogP contribution in [0.2, 0.25) is 0 Å². The van der Waals surface area contributed by atoms with E-state index in [1.54, 1.807) is 22.1 Å². The normalized spacial score (nSPS) is 14.9. The number of piperazine rings is 1. The number of anilines is 1. The smallest absolute Gasteiger partial charge is 0.272 e. The zero-order valence-electron chi connectivity index (χ0n) is 12.4. The van der Waals surface area contributed by atoms with Crippen molar-refractivity contribution in [3.05, 3.63) is 24.0 Å². The number of unbranched alkanes of at least 4 members (excludes halogenated alkanes) is 1. The van der Waals surface area contributed by atoms with Crippen LogP contribution in [0.1, 0.15) is 30.3 Å². The van der Waals surface area contributed by atoms with Gasteiger partial charge in [-0.3, -0.25) is 14.6 Å². The van der Waals surface area contributed by atoms with Crippen molar-refractivity contribution < 1.29 is 9.59 Å². The maximum Gasteiger partial charge on any atom is 0.272 e. The molecule has 6 heteroatoms. The van der Waals surface area contributed by atoms with Crippen LogP contribution in [0.5, 0.6) is 0 Å². The zero-order valence-corrected chi connectivity index (χ0v) is 12.4. The maximum absolute atomic E-state index is 12.4. The Bertz CT molecular complexity index is 484. The van der Waals surface area contributed by atoms with Crippen LogP contribution >= 0.6 is 0 Å². The van der Waals surface area contributed by atoms with Crippen molar-refractivity contribution in [3.63, 3.8) is 0 Å². The van der Waals surface area contributed by atoms with Gasteiger partial charge in [-0.15, -0.1) is 0 Å². The molecular formula is C15H22N4O2. The van der Waals surface area contributed by atoms with Crippen molar-refractivity contribution in [1.29, 1.82) is 0 Å². The minimum absolute atomic E-state index is 0.0697. The summed E-state index contributed by atoms with van der Waals surface area (Å²) >= 11 is 0. The molecule has 1 fully saturated rings. The summed E-state index contributed by atoms with van der Waals surface area (Å²) in [6, 6.07) is 3.67. The van der Waals surface area contributed by atoms with Crippen LogP contribution in [0.4, 0.5) is 5.69 Å². The van der Waals surface area contributed by atoms with Crippen LogP contribution in [-0.4, -0.2) is 59.8 Å². The van der Waals surface area contributed by atoms with Crippen LogP contribution in [0.3, 0.4) is 0 Å². The first kappa shape index (κ1) is 15.3. The molecule has 0 aliphatic carbocycles. The topological polar surface area (TPSA) is 65.5 Å². The van der Waals surface area contributed by atoms with Gasteiger partial charge in [-0.25, -0.2) is 0 Å². The fourth-order valence-corrected chi connectivity index (χ4v) is 2.26. The van der Waals surface area contributed by atoms with Gasteiger partial charge in [-0.1, -0.05) is 13.3 Å². The molecule has 1 aromatic rings. The van der Waals surface area contributed by atoms with Gasteiger partial charge >= 0.3 is 0 Å². The Hall–Kier alpha value is -2.11. The van der Waals surface area contributed by atoms with E-state index in [4.69, 9.17) is 0 Å². The molecule has 1 saturated heterocycles. The second-order valence-electron chi connectivity index (χ2n) is 5.14. The van der Waals surface area contributed by atoms with E-state index in [1.165, 1.54) is 0 Å². The molecule has 0 radical (unpaired) electrons. The first-order valence-electron chi connectivity index (χ1n) is 7.43. The van der Waals surface area contributed by atoms with Crippen LogP contribution < -0.4 is 5.32 Å². The van der Waals surface area contributed by atoms with E-state index >= 15 is 0 Å². The third kappa shape index (κ3) is 4.18. The summed E-state index contributed by atoms with van der Waals surface area (Å²) in [7, 11) is 0. The number of nitrogens with zero attached hydrogens (tertiary/aromatic N) is 3. The molecule has 0 bridgehead atoms. The largest absolute Gasteiger partial charge is 0.385 e. The predicted octanol–water partition coefficient (Wildman–Crippen LogP) is 1.21. The first-order chi connectivity index (χ1) is 10.2. The summed E-state index contributed by atoms with van der Waals surface area (Å²) in [5, 5.41) is 3.29. The summed E-state index contributed by atoms with van der Waals surface area (Å²) in [5.74, 6) is -0.0697. The van der Waals surface area contributed by atoms with Crippen molar-refractivity contribution >= 4 is 18.0 Å². The number of hydrogen-bond donors (Lipinski definition) is 1. The van der Waals surface area contributed by atoms with E-state index in [-0.39, 0.29) is 5.91 Å². The summed E-state index contributed by atoms with van der Waals surface area (Å²) in [4.78, 5) is 30.7. The molecule has 21 heavy (non-hydrogen) atoms. The van der Waals surface area contributed by atoms with Gasteiger partial charge in [-0.2, -0.15) is 0 Å². The van der Waals surface area contributed by atoms with Crippen molar-refractivity contribution in [2.75, 3.05) is 38.0 Å². The molecule has 0 atom stereocenters. The summed E-state index contributed by atoms with van der Waals surface area (Å²) in [6.45, 7) is 5.33. The summed E-state index contributed by atoms with van der Waals surface area (Å²) < 4.78 is 0. The molecule has 2 rings (SSSR count). The van der Waals surface area contributed by atoms with E-state index in [1.807, 2.05) is 6.07 Å². The van der Waals surface area contributed by atoms with Crippen LogP contribution in [0.15, 0.2) is 18.3 Å². The Morgan fingerprint density at radius 3 is 2.81 bits per heavy atom. The predicted molar refractivity (Wildman–Crippen MR) is 81.2 cm³/mol. The Morgan fingerprint density at radius 2 is 2.14 bits per heavy atom. The third-order valence-corrected chi connectivity index (χ3v) is 3.59. The first-order valence-corrected chi connectivity index (χ1v) is 7.43. The number of hydrogen-bond acceptors (Lipinski definition) is 4. The van der Waals surface area contributed by atoms with Gasteiger partial charge in [0.05, 0.1) is 0 Å². The number of carbonyl (C=O) groups excluding carboxylic acids is 2. The number of nitrogens with one attached hydrogen (secondary N) is 1. The number of carbonyl (C=O) groups is 2. The molecule has 1 aromatic heterocycles. The van der Waals surface area contributed by atoms with Gasteiger partial charge in [0.25, 0.3) is 5.91 Å². The number of amides is 2. The average Bonchev–Trinajstić information content (AvgIpc) is 2.55. The minimum Gasteiger partial charge on any atom is -0.385 e. The average molecular weight is 290 g/mol. The fourth-order valence-electron chi connectivity index (χ4n) is 2.26. The number of aromatic nitrogens is 1. The number of rotatable bonds is 6. The standard InChI is InChI=1S/C15H22N4O2/c1-2-3-5-16-13-4-6-17-14(11-13)15(21)19-9-7-18(12-20)8-10-19/h4,6,11-12H,2-3,5,7-10H2,1H3,(H,16,17). The molecule has 2 amide bonds. The number of pyridine rings is 1. The lowest BCUT2D eigenvalue weighted by Gasteiger charge is -2.32. The quantitative estimate of drug-likeness (QED) is 0.632. The lowest BCUT2D eigenvalue weighted by atomic mass is 10.2. The van der Waals surface area contributed by atoms with Crippen LogP contribution in [0, 0.1) is 0 Å². The van der Waals surface area contributed by atoms with Crippen molar-refractivity contribution in [1.82, 2.24) is 14.8 Å². The maximum atomic E-state index is 12.4. The molecule has 0 unspecified atom stereocenters. The van der Waals surface area contributed by atoms with Crippen LogP contribution in [-0.2, 0) is 4.79 Å². The molecule has 0 aromatic carbocycles. The summed E-state index contributed by atoms with van der Waals surface area (Å²) in [5.41, 5.74) is 1.38. The van der Waals surface area contributed by atoms with E-state index in [2.05, 4.69) is 17.2 Å². The molecule has 0 saturated carbocycles. The van der Waals surface area contributed by atoms with Gasteiger partial charge in [-0.05, 0) is 18.6 Å². The molecule has 1 N–H and O–H groups in total. The van der Waals surface area contributed by atoms with E-state index in [9.17, 15) is 9.59 Å². The second kappa shape index (κ2) is 7.61. The van der Waals surface area contributed by atoms with Gasteiger partial charge in [0.2, 0.25) is 6.41 Å². The third-order valence-electron chi connectivity index (χ3n) is 3.59. The van der Waals surface area contributed by atoms with E-state index < -0.39 is 0 Å². The van der Waals surface area contributed by atoms with Crippen molar-refractivity contribution in [2.45, 2.75) is 19.8 Å². The molecule has 114 valence electrons. The van der Waals surface area contributed by atoms with Gasteiger partial charge in [0, 0.05) is 44.6 Å². The Morgan fingerprint density at radius 1 is 1.38 bits per heavy atom. The molecule has 1 aliphatic heterocycles. The Labute approximate surface area is 125 Å². The van der Waals surface area contributed by atoms with Crippen molar-refractivity contribution in [2.24, 2.45) is 0 Å². The minimum atomic E-state index is -0.0697. The highest BCUT2D eigenvalue weighted by atomic mass is 16.2. The lowest BCUT2D eigenvalue weighted by molar-refractivity contribution is -0.119. The molecule has 0 spiro atoms. The Balaban J connectivity index is 1.96. The monoisotopic (exact) mass is 290 g/mol. The molecule has 1 aliphatic rings. The van der Waals surface area contributed by atoms with Crippen molar-refractivity contribution in [3.8, 4) is 0 Å². The van der Waals surface area contributed by atoms with Gasteiger partial charge in [0.15, 0.2) is 0 Å². The second-order valence-corrected chi connectivity index (χ2v) is 5.14. The fraction of sp³-hybridized carbons (Fsp3) is 0.533. The Kier molecular flexibility index (Phi) is 5.54. The molecule has 6 nitrogen and oxygen atoms in total.